The summed E-state index contributed by atoms with van der Waals surface area (Å²) in [6.07, 6.45) is 3.03. The quantitative estimate of drug-likeness (QED) is 0.805. The van der Waals surface area contributed by atoms with E-state index in [-0.39, 0.29) is 0 Å². The third kappa shape index (κ3) is 2.09. The van der Waals surface area contributed by atoms with Gasteiger partial charge in [-0.25, -0.2) is 4.98 Å². The Labute approximate surface area is 90.4 Å². The number of aromatic amines is 1. The van der Waals surface area contributed by atoms with Gasteiger partial charge in [-0.3, -0.25) is 0 Å². The van der Waals surface area contributed by atoms with Crippen molar-refractivity contribution in [3.8, 4) is 11.3 Å². The van der Waals surface area contributed by atoms with Gasteiger partial charge in [0.25, 0.3) is 0 Å². The number of nitrogens with one attached hydrogen (secondary N) is 1. The molecule has 1 aromatic carbocycles. The normalized spacial score (nSPS) is 12.7. The Morgan fingerprint density at radius 1 is 1.27 bits per heavy atom. The number of hydrogen-bond acceptors (Lipinski definition) is 1. The highest BCUT2D eigenvalue weighted by Crippen LogP contribution is 2.20. The summed E-state index contributed by atoms with van der Waals surface area (Å²) >= 11 is 0. The standard InChI is InChI=1S/C13H16N2/c1-3-10(2)13-14-9-12(15-13)11-7-5-4-6-8-11/h4-10H,3H2,1-2H3,(H,14,15). The van der Waals surface area contributed by atoms with Crippen LogP contribution in [-0.2, 0) is 0 Å². The van der Waals surface area contributed by atoms with E-state index in [1.54, 1.807) is 0 Å². The number of benzene rings is 1. The number of rotatable bonds is 3. The lowest BCUT2D eigenvalue weighted by Crippen LogP contribution is -1.93. The predicted octanol–water partition coefficient (Wildman–Crippen LogP) is 3.59. The molecule has 2 nitrogen and oxygen atoms in total. The highest BCUT2D eigenvalue weighted by Gasteiger charge is 2.07. The topological polar surface area (TPSA) is 28.7 Å². The first-order chi connectivity index (χ1) is 7.31. The fraction of sp³-hybridized carbons (Fsp3) is 0.308. The van der Waals surface area contributed by atoms with Gasteiger partial charge in [0.2, 0.25) is 0 Å². The summed E-state index contributed by atoms with van der Waals surface area (Å²) in [5.74, 6) is 1.58. The van der Waals surface area contributed by atoms with Gasteiger partial charge in [0.15, 0.2) is 0 Å². The highest BCUT2D eigenvalue weighted by molar-refractivity contribution is 5.58. The lowest BCUT2D eigenvalue weighted by atomic mass is 10.1. The van der Waals surface area contributed by atoms with Crippen LogP contribution in [0.4, 0.5) is 0 Å². The summed E-state index contributed by atoms with van der Waals surface area (Å²) in [4.78, 5) is 7.78. The average Bonchev–Trinajstić information content (AvgIpc) is 2.78. The Kier molecular flexibility index (Phi) is 2.86. The summed E-state index contributed by atoms with van der Waals surface area (Å²) in [6.45, 7) is 4.36. The molecule has 0 saturated carbocycles. The number of imidazole rings is 1. The second-order valence-electron chi connectivity index (χ2n) is 3.86. The van der Waals surface area contributed by atoms with Gasteiger partial charge in [-0.1, -0.05) is 44.2 Å². The monoisotopic (exact) mass is 200 g/mol. The van der Waals surface area contributed by atoms with Crippen LogP contribution < -0.4 is 0 Å². The molecule has 1 atom stereocenters. The van der Waals surface area contributed by atoms with Crippen LogP contribution in [0.2, 0.25) is 0 Å². The lowest BCUT2D eigenvalue weighted by Gasteiger charge is -2.03. The molecule has 0 aliphatic rings. The van der Waals surface area contributed by atoms with Gasteiger partial charge in [-0.15, -0.1) is 0 Å². The van der Waals surface area contributed by atoms with Crippen LogP contribution in [0.25, 0.3) is 11.3 Å². The largest absolute Gasteiger partial charge is 0.342 e. The maximum Gasteiger partial charge on any atom is 0.109 e. The van der Waals surface area contributed by atoms with E-state index in [9.17, 15) is 0 Å². The summed E-state index contributed by atoms with van der Waals surface area (Å²) in [7, 11) is 0. The van der Waals surface area contributed by atoms with Crippen molar-refractivity contribution in [2.75, 3.05) is 0 Å². The Balaban J connectivity index is 2.28. The van der Waals surface area contributed by atoms with Crippen LogP contribution in [0.15, 0.2) is 36.5 Å². The number of hydrogen-bond donors (Lipinski definition) is 1. The molecule has 1 N–H and O–H groups in total. The van der Waals surface area contributed by atoms with Crippen molar-refractivity contribution >= 4 is 0 Å². The Hall–Kier alpha value is -1.57. The van der Waals surface area contributed by atoms with Gasteiger partial charge < -0.3 is 4.98 Å². The van der Waals surface area contributed by atoms with Crippen LogP contribution in [-0.4, -0.2) is 9.97 Å². The number of nitrogens with zero attached hydrogens (tertiary/aromatic N) is 1. The third-order valence-corrected chi connectivity index (χ3v) is 2.76. The van der Waals surface area contributed by atoms with Crippen LogP contribution in [0, 0.1) is 0 Å². The Morgan fingerprint density at radius 3 is 2.67 bits per heavy atom. The molecular weight excluding hydrogens is 184 g/mol. The van der Waals surface area contributed by atoms with E-state index in [1.807, 2.05) is 24.4 Å². The predicted molar refractivity (Wildman–Crippen MR) is 62.7 cm³/mol. The van der Waals surface area contributed by atoms with Crippen molar-refractivity contribution in [3.63, 3.8) is 0 Å². The zero-order chi connectivity index (χ0) is 10.7. The van der Waals surface area contributed by atoms with Gasteiger partial charge in [-0.05, 0) is 12.0 Å². The molecule has 1 unspecified atom stereocenters. The van der Waals surface area contributed by atoms with E-state index in [0.29, 0.717) is 5.92 Å². The minimum Gasteiger partial charge on any atom is -0.342 e. The first kappa shape index (κ1) is 9.97. The maximum atomic E-state index is 4.41. The number of H-pyrrole nitrogens is 1. The van der Waals surface area contributed by atoms with Gasteiger partial charge in [0.05, 0.1) is 11.9 Å². The van der Waals surface area contributed by atoms with Crippen LogP contribution in [0.1, 0.15) is 32.0 Å². The van der Waals surface area contributed by atoms with Crippen LogP contribution in [0.5, 0.6) is 0 Å². The maximum absolute atomic E-state index is 4.41. The molecule has 0 fully saturated rings. The molecule has 0 bridgehead atoms. The molecule has 0 radical (unpaired) electrons. The van der Waals surface area contributed by atoms with Gasteiger partial charge in [0, 0.05) is 5.92 Å². The summed E-state index contributed by atoms with van der Waals surface area (Å²) in [5, 5.41) is 0. The van der Waals surface area contributed by atoms with Gasteiger partial charge >= 0.3 is 0 Å². The van der Waals surface area contributed by atoms with E-state index >= 15 is 0 Å². The second-order valence-corrected chi connectivity index (χ2v) is 3.86. The van der Waals surface area contributed by atoms with Crippen LogP contribution >= 0.6 is 0 Å². The fourth-order valence-corrected chi connectivity index (χ4v) is 1.54. The Bertz CT molecular complexity index is 417. The Morgan fingerprint density at radius 2 is 2.00 bits per heavy atom. The van der Waals surface area contributed by atoms with Gasteiger partial charge in [0.1, 0.15) is 5.82 Å². The summed E-state index contributed by atoms with van der Waals surface area (Å²) in [5.41, 5.74) is 2.30. The third-order valence-electron chi connectivity index (χ3n) is 2.76. The zero-order valence-electron chi connectivity index (χ0n) is 9.20. The molecule has 1 heterocycles. The smallest absolute Gasteiger partial charge is 0.109 e. The van der Waals surface area contributed by atoms with Crippen molar-refractivity contribution < 1.29 is 0 Å². The lowest BCUT2D eigenvalue weighted by molar-refractivity contribution is 0.689. The highest BCUT2D eigenvalue weighted by atomic mass is 14.9. The van der Waals surface area contributed by atoms with E-state index in [4.69, 9.17) is 0 Å². The minimum absolute atomic E-state index is 0.502. The zero-order valence-corrected chi connectivity index (χ0v) is 9.20. The molecule has 1 aromatic heterocycles. The average molecular weight is 200 g/mol. The number of aromatic nitrogens is 2. The first-order valence-corrected chi connectivity index (χ1v) is 5.41. The molecule has 78 valence electrons. The van der Waals surface area contributed by atoms with Crippen molar-refractivity contribution in [2.24, 2.45) is 0 Å². The van der Waals surface area contributed by atoms with Crippen LogP contribution in [0.3, 0.4) is 0 Å². The summed E-state index contributed by atoms with van der Waals surface area (Å²) < 4.78 is 0. The molecular formula is C13H16N2. The molecule has 15 heavy (non-hydrogen) atoms. The van der Waals surface area contributed by atoms with Crippen molar-refractivity contribution in [1.29, 1.82) is 0 Å². The van der Waals surface area contributed by atoms with Crippen molar-refractivity contribution in [3.05, 3.63) is 42.4 Å². The molecule has 0 aliphatic carbocycles. The molecule has 0 amide bonds. The fourth-order valence-electron chi connectivity index (χ4n) is 1.54. The molecule has 2 aromatic rings. The first-order valence-electron chi connectivity index (χ1n) is 5.41. The van der Waals surface area contributed by atoms with Crippen molar-refractivity contribution in [1.82, 2.24) is 9.97 Å². The van der Waals surface area contributed by atoms with E-state index in [0.717, 1.165) is 17.9 Å². The summed E-state index contributed by atoms with van der Waals surface area (Å²) in [6, 6.07) is 10.3. The molecule has 0 spiro atoms. The molecule has 2 heteroatoms. The van der Waals surface area contributed by atoms with Gasteiger partial charge in [-0.2, -0.15) is 0 Å². The van der Waals surface area contributed by atoms with E-state index in [2.05, 4.69) is 35.9 Å². The molecule has 0 saturated heterocycles. The molecule has 0 aliphatic heterocycles. The molecule has 2 rings (SSSR count). The SMILES string of the molecule is CCC(C)c1ncc(-c2ccccc2)[nH]1. The van der Waals surface area contributed by atoms with E-state index < -0.39 is 0 Å². The second kappa shape index (κ2) is 4.30. The van der Waals surface area contributed by atoms with Crippen molar-refractivity contribution in [2.45, 2.75) is 26.2 Å². The van der Waals surface area contributed by atoms with E-state index in [1.165, 1.54) is 5.56 Å². The minimum atomic E-state index is 0.502.